The summed E-state index contributed by atoms with van der Waals surface area (Å²) >= 11 is 0. The van der Waals surface area contributed by atoms with Crippen molar-refractivity contribution in [3.63, 3.8) is 0 Å². The number of nitrogens with two attached hydrogens (primary N) is 1. The highest BCUT2D eigenvalue weighted by atomic mass is 32.2. The van der Waals surface area contributed by atoms with E-state index in [1.54, 1.807) is 13.8 Å². The van der Waals surface area contributed by atoms with Crippen LogP contribution in [0.3, 0.4) is 0 Å². The lowest BCUT2D eigenvalue weighted by molar-refractivity contribution is -0.132. The van der Waals surface area contributed by atoms with E-state index in [9.17, 15) is 17.6 Å². The van der Waals surface area contributed by atoms with Crippen molar-refractivity contribution in [2.45, 2.75) is 31.7 Å². The number of nitrogen functional groups attached to an aromatic ring is 1. The number of halogens is 1. The topological polar surface area (TPSA) is 92.5 Å². The van der Waals surface area contributed by atoms with E-state index < -0.39 is 27.6 Å². The molecule has 1 aromatic rings. The third kappa shape index (κ3) is 3.92. The second-order valence-corrected chi connectivity index (χ2v) is 6.19. The quantitative estimate of drug-likeness (QED) is 0.764. The van der Waals surface area contributed by atoms with Crippen LogP contribution in [-0.4, -0.2) is 38.4 Å². The fourth-order valence-electron chi connectivity index (χ4n) is 1.91. The average Bonchev–Trinajstić information content (AvgIpc) is 2.42. The lowest BCUT2D eigenvalue weighted by Crippen LogP contribution is -2.46. The molecule has 0 aromatic heterocycles. The number of anilines is 1. The first-order valence-electron chi connectivity index (χ1n) is 6.59. The van der Waals surface area contributed by atoms with E-state index in [-0.39, 0.29) is 10.8 Å². The standard InChI is InChI=1S/C13H20FN3O3S/c1-4-17(5-2)13(18)9(3)16-21(19,20)11-8-6-7-10(14)12(11)15/h6-9,16H,4-5,15H2,1-3H3. The van der Waals surface area contributed by atoms with Gasteiger partial charge in [0.05, 0.1) is 11.7 Å². The van der Waals surface area contributed by atoms with E-state index >= 15 is 0 Å². The molecule has 3 N–H and O–H groups in total. The molecule has 21 heavy (non-hydrogen) atoms. The fourth-order valence-corrected chi connectivity index (χ4v) is 3.25. The minimum absolute atomic E-state index is 0.349. The molecule has 1 amide bonds. The van der Waals surface area contributed by atoms with Crippen molar-refractivity contribution in [1.82, 2.24) is 9.62 Å². The monoisotopic (exact) mass is 317 g/mol. The zero-order valence-electron chi connectivity index (χ0n) is 12.3. The lowest BCUT2D eigenvalue weighted by atomic mass is 10.3. The summed E-state index contributed by atoms with van der Waals surface area (Å²) < 4.78 is 40.0. The van der Waals surface area contributed by atoms with E-state index in [1.807, 2.05) is 0 Å². The highest BCUT2D eigenvalue weighted by Crippen LogP contribution is 2.21. The second-order valence-electron chi connectivity index (χ2n) is 4.51. The van der Waals surface area contributed by atoms with Crippen molar-refractivity contribution >= 4 is 21.6 Å². The van der Waals surface area contributed by atoms with Crippen LogP contribution < -0.4 is 10.5 Å². The Morgan fingerprint density at radius 3 is 2.48 bits per heavy atom. The van der Waals surface area contributed by atoms with Gasteiger partial charge in [0.15, 0.2) is 0 Å². The van der Waals surface area contributed by atoms with E-state index in [1.165, 1.54) is 24.0 Å². The minimum Gasteiger partial charge on any atom is -0.395 e. The summed E-state index contributed by atoms with van der Waals surface area (Å²) in [5.41, 5.74) is 4.98. The number of carbonyl (C=O) groups is 1. The number of rotatable bonds is 6. The van der Waals surface area contributed by atoms with Gasteiger partial charge in [0.25, 0.3) is 0 Å². The van der Waals surface area contributed by atoms with Crippen molar-refractivity contribution in [1.29, 1.82) is 0 Å². The van der Waals surface area contributed by atoms with E-state index in [0.717, 1.165) is 6.07 Å². The Labute approximate surface area is 124 Å². The van der Waals surface area contributed by atoms with Gasteiger partial charge in [-0.05, 0) is 32.9 Å². The summed E-state index contributed by atoms with van der Waals surface area (Å²) in [4.78, 5) is 13.2. The molecular weight excluding hydrogens is 297 g/mol. The molecule has 0 heterocycles. The molecule has 1 rings (SSSR count). The van der Waals surface area contributed by atoms with Gasteiger partial charge in [-0.3, -0.25) is 4.79 Å². The third-order valence-electron chi connectivity index (χ3n) is 3.08. The molecule has 0 aliphatic rings. The predicted molar refractivity (Wildman–Crippen MR) is 78.5 cm³/mol. The Morgan fingerprint density at radius 2 is 1.95 bits per heavy atom. The molecule has 0 aliphatic heterocycles. The fraction of sp³-hybridized carbons (Fsp3) is 0.462. The van der Waals surface area contributed by atoms with Crippen molar-refractivity contribution in [3.8, 4) is 0 Å². The molecule has 1 atom stereocenters. The summed E-state index contributed by atoms with van der Waals surface area (Å²) in [5, 5.41) is 0. The average molecular weight is 317 g/mol. The molecular formula is C13H20FN3O3S. The highest BCUT2D eigenvalue weighted by molar-refractivity contribution is 7.89. The van der Waals surface area contributed by atoms with Crippen molar-refractivity contribution in [2.24, 2.45) is 0 Å². The molecule has 0 radical (unpaired) electrons. The van der Waals surface area contributed by atoms with Crippen LogP contribution in [0.4, 0.5) is 10.1 Å². The number of nitrogens with zero attached hydrogens (tertiary/aromatic N) is 1. The van der Waals surface area contributed by atoms with Crippen LogP contribution >= 0.6 is 0 Å². The number of amides is 1. The first-order valence-corrected chi connectivity index (χ1v) is 8.08. The lowest BCUT2D eigenvalue weighted by Gasteiger charge is -2.23. The van der Waals surface area contributed by atoms with Gasteiger partial charge in [-0.2, -0.15) is 4.72 Å². The summed E-state index contributed by atoms with van der Waals surface area (Å²) in [7, 11) is -4.07. The Balaban J connectivity index is 3.00. The van der Waals surface area contributed by atoms with Crippen LogP contribution in [0.1, 0.15) is 20.8 Å². The van der Waals surface area contributed by atoms with E-state index in [0.29, 0.717) is 13.1 Å². The van der Waals surface area contributed by atoms with Gasteiger partial charge in [-0.1, -0.05) is 6.07 Å². The Morgan fingerprint density at radius 1 is 1.38 bits per heavy atom. The number of carbonyl (C=O) groups excluding carboxylic acids is 1. The summed E-state index contributed by atoms with van der Waals surface area (Å²) in [6, 6.07) is 2.54. The van der Waals surface area contributed by atoms with Gasteiger partial charge in [0.2, 0.25) is 15.9 Å². The van der Waals surface area contributed by atoms with Crippen LogP contribution in [0.25, 0.3) is 0 Å². The van der Waals surface area contributed by atoms with Crippen LogP contribution in [0.5, 0.6) is 0 Å². The predicted octanol–water partition coefficient (Wildman–Crippen LogP) is 0.943. The van der Waals surface area contributed by atoms with Crippen LogP contribution in [-0.2, 0) is 14.8 Å². The van der Waals surface area contributed by atoms with Gasteiger partial charge < -0.3 is 10.6 Å². The maximum absolute atomic E-state index is 13.4. The van der Waals surface area contributed by atoms with Crippen LogP contribution in [0, 0.1) is 5.82 Å². The molecule has 0 aliphatic carbocycles. The van der Waals surface area contributed by atoms with E-state index in [2.05, 4.69) is 4.72 Å². The Bertz CT molecular complexity index is 615. The zero-order chi connectivity index (χ0) is 16.2. The number of benzene rings is 1. The third-order valence-corrected chi connectivity index (χ3v) is 4.68. The number of likely N-dealkylation sites (N-methyl/N-ethyl adjacent to an activating group) is 1. The van der Waals surface area contributed by atoms with Gasteiger partial charge in [-0.25, -0.2) is 12.8 Å². The van der Waals surface area contributed by atoms with Crippen molar-refractivity contribution < 1.29 is 17.6 Å². The van der Waals surface area contributed by atoms with Gasteiger partial charge >= 0.3 is 0 Å². The summed E-state index contributed by atoms with van der Waals surface area (Å²) in [6.07, 6.45) is 0. The Kier molecular flexibility index (Phi) is 5.68. The number of hydrogen-bond donors (Lipinski definition) is 2. The van der Waals surface area contributed by atoms with Crippen molar-refractivity contribution in [3.05, 3.63) is 24.0 Å². The maximum atomic E-state index is 13.4. The smallest absolute Gasteiger partial charge is 0.243 e. The molecule has 0 saturated heterocycles. The van der Waals surface area contributed by atoms with Gasteiger partial charge in [0.1, 0.15) is 10.7 Å². The zero-order valence-corrected chi connectivity index (χ0v) is 13.1. The molecule has 0 saturated carbocycles. The van der Waals surface area contributed by atoms with E-state index in [4.69, 9.17) is 5.73 Å². The maximum Gasteiger partial charge on any atom is 0.243 e. The van der Waals surface area contributed by atoms with Gasteiger partial charge in [0, 0.05) is 13.1 Å². The normalized spacial score (nSPS) is 13.0. The molecule has 1 aromatic carbocycles. The first-order chi connectivity index (χ1) is 9.74. The summed E-state index contributed by atoms with van der Waals surface area (Å²) in [6.45, 7) is 5.99. The largest absolute Gasteiger partial charge is 0.395 e. The number of para-hydroxylation sites is 1. The molecule has 1 unspecified atom stereocenters. The number of sulfonamides is 1. The van der Waals surface area contributed by atoms with Crippen LogP contribution in [0.15, 0.2) is 23.1 Å². The number of nitrogens with one attached hydrogen (secondary N) is 1. The molecule has 118 valence electrons. The molecule has 0 spiro atoms. The first kappa shape index (κ1) is 17.4. The highest BCUT2D eigenvalue weighted by Gasteiger charge is 2.26. The van der Waals surface area contributed by atoms with Crippen molar-refractivity contribution in [2.75, 3.05) is 18.8 Å². The Hall–Kier alpha value is -1.67. The molecule has 6 nitrogen and oxygen atoms in total. The minimum atomic E-state index is -4.07. The van der Waals surface area contributed by atoms with Crippen LogP contribution in [0.2, 0.25) is 0 Å². The van der Waals surface area contributed by atoms with Gasteiger partial charge in [-0.15, -0.1) is 0 Å². The molecule has 0 bridgehead atoms. The summed E-state index contributed by atoms with van der Waals surface area (Å²) in [5.74, 6) is -1.17. The molecule has 0 fully saturated rings. The number of hydrogen-bond acceptors (Lipinski definition) is 4. The SMILES string of the molecule is CCN(CC)C(=O)C(C)NS(=O)(=O)c1cccc(F)c1N. The second kappa shape index (κ2) is 6.86. The molecule has 8 heteroatoms.